The number of hydrogen-bond donors (Lipinski definition) is 1. The minimum absolute atomic E-state index is 0.0546. The van der Waals surface area contributed by atoms with Crippen LogP contribution in [0.5, 0.6) is 0 Å². The Hall–Kier alpha value is -1.34. The van der Waals surface area contributed by atoms with Crippen molar-refractivity contribution in [3.05, 3.63) is 11.1 Å². The second-order valence-corrected chi connectivity index (χ2v) is 24.3. The highest BCUT2D eigenvalue weighted by atomic mass is 28.4. The maximum absolute atomic E-state index is 15.6. The SMILES string of the molecule is CC[Si](CC)(CC)O[C@H]1C(=O)[C@]2(C)[C@@H](O[Si](CC)(CC)CC)CC3C[C@@]3(O)[C@H]2[C@@H]2OC(=O)O[C@]23CC(=O)C(C)=C1C3(C)C. The van der Waals surface area contributed by atoms with Gasteiger partial charge in [-0.1, -0.05) is 55.4 Å². The Kier molecular flexibility index (Phi) is 8.15. The molecule has 0 aromatic rings. The summed E-state index contributed by atoms with van der Waals surface area (Å²) in [6.07, 6.45) is -2.27. The van der Waals surface area contributed by atoms with Gasteiger partial charge in [-0.05, 0) is 80.0 Å². The van der Waals surface area contributed by atoms with Crippen LogP contribution >= 0.6 is 0 Å². The highest BCUT2D eigenvalue weighted by Gasteiger charge is 2.81. The van der Waals surface area contributed by atoms with Crippen LogP contribution in [-0.2, 0) is 27.9 Å². The molecule has 43 heavy (non-hydrogen) atoms. The molecule has 1 heterocycles. The van der Waals surface area contributed by atoms with E-state index in [1.165, 1.54) is 0 Å². The van der Waals surface area contributed by atoms with E-state index in [0.29, 0.717) is 24.0 Å². The first-order valence-electron chi connectivity index (χ1n) is 16.8. The monoisotopic (exact) mass is 634 g/mol. The van der Waals surface area contributed by atoms with Gasteiger partial charge >= 0.3 is 6.16 Å². The van der Waals surface area contributed by atoms with E-state index in [4.69, 9.17) is 18.3 Å². The van der Waals surface area contributed by atoms with Gasteiger partial charge in [0, 0.05) is 11.3 Å². The predicted molar refractivity (Wildman–Crippen MR) is 169 cm³/mol. The molecule has 242 valence electrons. The molecule has 1 unspecified atom stereocenters. The highest BCUT2D eigenvalue weighted by Crippen LogP contribution is 2.70. The average molecular weight is 635 g/mol. The molecule has 2 bridgehead atoms. The third kappa shape index (κ3) is 4.32. The Morgan fingerprint density at radius 2 is 1.42 bits per heavy atom. The summed E-state index contributed by atoms with van der Waals surface area (Å²) < 4.78 is 26.7. The molecule has 0 radical (unpaired) electrons. The Balaban J connectivity index is 1.82. The van der Waals surface area contributed by atoms with Crippen molar-refractivity contribution >= 4 is 34.4 Å². The fourth-order valence-electron chi connectivity index (χ4n) is 9.71. The number of carbonyl (C=O) groups is 3. The molecule has 1 aliphatic heterocycles. The van der Waals surface area contributed by atoms with E-state index in [1.807, 2.05) is 20.8 Å². The van der Waals surface area contributed by atoms with Crippen LogP contribution in [0.3, 0.4) is 0 Å². The number of rotatable bonds is 10. The lowest BCUT2D eigenvalue weighted by molar-refractivity contribution is -0.198. The number of hydrogen-bond acceptors (Lipinski definition) is 8. The molecule has 0 aromatic heterocycles. The first-order valence-corrected chi connectivity index (χ1v) is 21.9. The summed E-state index contributed by atoms with van der Waals surface area (Å²) in [6.45, 7) is 20.6. The van der Waals surface area contributed by atoms with Crippen molar-refractivity contribution in [1.29, 1.82) is 0 Å². The summed E-state index contributed by atoms with van der Waals surface area (Å²) in [5.41, 5.74) is -3.67. The van der Waals surface area contributed by atoms with Crippen molar-refractivity contribution in [1.82, 2.24) is 0 Å². The van der Waals surface area contributed by atoms with Crippen molar-refractivity contribution in [2.75, 3.05) is 0 Å². The van der Waals surface area contributed by atoms with Gasteiger partial charge in [-0.15, -0.1) is 0 Å². The van der Waals surface area contributed by atoms with Crippen LogP contribution < -0.4 is 0 Å². The van der Waals surface area contributed by atoms with Crippen LogP contribution in [0.4, 0.5) is 4.79 Å². The minimum Gasteiger partial charge on any atom is -0.426 e. The summed E-state index contributed by atoms with van der Waals surface area (Å²) in [6, 6.07) is 5.28. The third-order valence-corrected chi connectivity index (χ3v) is 22.6. The molecule has 1 N–H and O–H groups in total. The molecular formula is C33H54O8Si2. The molecule has 4 fully saturated rings. The number of allylic oxidation sites excluding steroid dienone is 1. The van der Waals surface area contributed by atoms with E-state index >= 15 is 4.79 Å². The van der Waals surface area contributed by atoms with Gasteiger partial charge in [0.25, 0.3) is 0 Å². The van der Waals surface area contributed by atoms with Gasteiger partial charge < -0.3 is 23.4 Å². The van der Waals surface area contributed by atoms with Crippen LogP contribution in [0, 0.1) is 22.7 Å². The number of aliphatic hydroxyl groups is 1. The van der Waals surface area contributed by atoms with Crippen LogP contribution in [0.2, 0.25) is 36.3 Å². The normalized spacial score (nSPS) is 40.2. The van der Waals surface area contributed by atoms with E-state index < -0.39 is 69.1 Å². The minimum atomic E-state index is -2.41. The van der Waals surface area contributed by atoms with Gasteiger partial charge in [0.15, 0.2) is 39.9 Å². The molecule has 5 aliphatic rings. The van der Waals surface area contributed by atoms with Gasteiger partial charge in [0.1, 0.15) is 6.10 Å². The third-order valence-electron chi connectivity index (χ3n) is 13.4. The van der Waals surface area contributed by atoms with Crippen LogP contribution in [0.1, 0.15) is 88.5 Å². The van der Waals surface area contributed by atoms with Crippen molar-refractivity contribution in [3.63, 3.8) is 0 Å². The summed E-state index contributed by atoms with van der Waals surface area (Å²) in [5.74, 6) is -1.19. The molecule has 8 nitrogen and oxygen atoms in total. The first-order chi connectivity index (χ1) is 20.1. The van der Waals surface area contributed by atoms with Crippen molar-refractivity contribution in [3.8, 4) is 0 Å². The summed E-state index contributed by atoms with van der Waals surface area (Å²) in [5, 5.41) is 12.3. The molecule has 1 spiro atoms. The topological polar surface area (TPSA) is 108 Å². The number of Topliss-reactive ketones (excluding diaryl/α,β-unsaturated/α-hetero) is 2. The largest absolute Gasteiger partial charge is 0.509 e. The van der Waals surface area contributed by atoms with E-state index in [2.05, 4.69) is 41.5 Å². The average Bonchev–Trinajstić information content (AvgIpc) is 3.52. The second kappa shape index (κ2) is 10.6. The quantitative estimate of drug-likeness (QED) is 0.209. The molecule has 8 atom stereocenters. The fraction of sp³-hybridized carbons (Fsp3) is 0.848. The van der Waals surface area contributed by atoms with E-state index in [0.717, 1.165) is 36.3 Å². The zero-order chi connectivity index (χ0) is 32.0. The first kappa shape index (κ1) is 33.0. The Bertz CT molecular complexity index is 1200. The van der Waals surface area contributed by atoms with Gasteiger partial charge in [-0.25, -0.2) is 4.79 Å². The van der Waals surface area contributed by atoms with Crippen molar-refractivity contribution < 1.29 is 37.8 Å². The number of fused-ring (bicyclic) bond motifs is 5. The molecule has 0 aromatic carbocycles. The molecule has 0 amide bonds. The summed E-state index contributed by atoms with van der Waals surface area (Å²) in [4.78, 5) is 42.7. The Labute approximate surface area is 259 Å². The lowest BCUT2D eigenvalue weighted by Crippen LogP contribution is -2.72. The van der Waals surface area contributed by atoms with Gasteiger partial charge in [0.2, 0.25) is 0 Å². The van der Waals surface area contributed by atoms with Gasteiger partial charge in [0.05, 0.1) is 23.5 Å². The molecule has 4 aliphatic carbocycles. The second-order valence-electron chi connectivity index (χ2n) is 14.9. The maximum Gasteiger partial charge on any atom is 0.509 e. The number of carbonyl (C=O) groups excluding carboxylic acids is 3. The van der Waals surface area contributed by atoms with E-state index in [9.17, 15) is 14.7 Å². The highest BCUT2D eigenvalue weighted by molar-refractivity contribution is 6.74. The zero-order valence-corrected chi connectivity index (χ0v) is 30.1. The Morgan fingerprint density at radius 3 is 1.95 bits per heavy atom. The molecule has 1 saturated heterocycles. The maximum atomic E-state index is 15.6. The van der Waals surface area contributed by atoms with E-state index in [-0.39, 0.29) is 23.9 Å². The van der Waals surface area contributed by atoms with Crippen LogP contribution in [-0.4, -0.2) is 69.0 Å². The molecular weight excluding hydrogens is 581 g/mol. The van der Waals surface area contributed by atoms with Crippen molar-refractivity contribution in [2.45, 2.75) is 154 Å². The lowest BCUT2D eigenvalue weighted by atomic mass is 9.48. The lowest BCUT2D eigenvalue weighted by Gasteiger charge is -2.60. The predicted octanol–water partition coefficient (Wildman–Crippen LogP) is 6.72. The van der Waals surface area contributed by atoms with Crippen molar-refractivity contribution in [2.24, 2.45) is 22.7 Å². The van der Waals surface area contributed by atoms with Gasteiger partial charge in [-0.2, -0.15) is 0 Å². The molecule has 10 heteroatoms. The van der Waals surface area contributed by atoms with Gasteiger partial charge in [-0.3, -0.25) is 9.59 Å². The smallest absolute Gasteiger partial charge is 0.426 e. The summed E-state index contributed by atoms with van der Waals surface area (Å²) in [7, 11) is -4.62. The zero-order valence-electron chi connectivity index (χ0n) is 28.1. The Morgan fingerprint density at radius 1 is 0.884 bits per heavy atom. The number of ether oxygens (including phenoxy) is 2. The molecule has 5 rings (SSSR count). The van der Waals surface area contributed by atoms with E-state index in [1.54, 1.807) is 6.92 Å². The fourth-order valence-corrected chi connectivity index (χ4v) is 15.4. The molecule has 3 saturated carbocycles. The van der Waals surface area contributed by atoms with Crippen LogP contribution in [0.15, 0.2) is 11.1 Å². The van der Waals surface area contributed by atoms with Crippen LogP contribution in [0.25, 0.3) is 0 Å². The summed E-state index contributed by atoms with van der Waals surface area (Å²) >= 11 is 0. The number of ketones is 2. The standard InChI is InChI=1S/C33H54O8Si2/c1-11-42(12-2,13-3)40-23-17-21-18-32(21,37)26-28-33(39-29(36)38-28)19-22(34)20(7)24(30(33,8)9)25(27(35)31(23,26)10)41-43(14-4,15-5)16-6/h21,23,25-26,28,37H,11-19H2,1-10H3/t21?,23-,25+,26-,28-,31+,32-,33+/m0/s1.